The molecule has 0 fully saturated rings. The summed E-state index contributed by atoms with van der Waals surface area (Å²) in [4.78, 5) is 25.2. The summed E-state index contributed by atoms with van der Waals surface area (Å²) in [5, 5.41) is 7.50. The molecule has 0 heterocycles. The van der Waals surface area contributed by atoms with E-state index in [1.165, 1.54) is 4.31 Å². The largest absolute Gasteiger partial charge is 0.322 e. The van der Waals surface area contributed by atoms with E-state index in [0.29, 0.717) is 38.8 Å². The Balaban J connectivity index is 1.40. The number of hydrazone groups is 1. The number of hydrogen-bond donors (Lipinski definition) is 2. The Bertz CT molecular complexity index is 1660. The number of carbonyl (C=O) groups excluding carboxylic acids is 2. The van der Waals surface area contributed by atoms with Gasteiger partial charge in [-0.2, -0.15) is 5.10 Å². The van der Waals surface area contributed by atoms with Gasteiger partial charge in [0.05, 0.1) is 24.2 Å². The number of rotatable bonds is 9. The minimum absolute atomic E-state index is 0.131. The molecule has 0 spiro atoms. The molecule has 0 atom stereocenters. The van der Waals surface area contributed by atoms with Crippen LogP contribution in [0, 0.1) is 0 Å². The van der Waals surface area contributed by atoms with Crippen LogP contribution in [-0.4, -0.2) is 32.2 Å². The summed E-state index contributed by atoms with van der Waals surface area (Å²) in [6.45, 7) is 1.87. The second kappa shape index (κ2) is 12.6. The molecule has 0 saturated carbocycles. The number of para-hydroxylation sites is 1. The van der Waals surface area contributed by atoms with Gasteiger partial charge in [-0.15, -0.1) is 0 Å². The molecular formula is C30H27ClN4O4S. The minimum Gasteiger partial charge on any atom is -0.322 e. The lowest BCUT2D eigenvalue weighted by molar-refractivity contribution is 0.0954. The van der Waals surface area contributed by atoms with E-state index in [1.54, 1.807) is 97.9 Å². The maximum Gasteiger partial charge on any atom is 0.271 e. The molecular weight excluding hydrogens is 548 g/mol. The van der Waals surface area contributed by atoms with Gasteiger partial charge < -0.3 is 5.32 Å². The van der Waals surface area contributed by atoms with E-state index in [9.17, 15) is 18.0 Å². The minimum atomic E-state index is -3.51. The van der Waals surface area contributed by atoms with Crippen LogP contribution in [0.1, 0.15) is 38.8 Å². The molecule has 0 unspecified atom stereocenters. The van der Waals surface area contributed by atoms with Crippen molar-refractivity contribution < 1.29 is 18.0 Å². The first-order valence-electron chi connectivity index (χ1n) is 12.2. The van der Waals surface area contributed by atoms with E-state index in [-0.39, 0.29) is 12.5 Å². The van der Waals surface area contributed by atoms with Gasteiger partial charge in [0, 0.05) is 21.8 Å². The van der Waals surface area contributed by atoms with Crippen LogP contribution in [0.5, 0.6) is 0 Å². The highest BCUT2D eigenvalue weighted by atomic mass is 35.5. The maximum absolute atomic E-state index is 12.7. The Kier molecular flexibility index (Phi) is 8.98. The average molecular weight is 575 g/mol. The van der Waals surface area contributed by atoms with Crippen molar-refractivity contribution in [2.24, 2.45) is 5.10 Å². The third-order valence-corrected chi connectivity index (χ3v) is 7.31. The summed E-state index contributed by atoms with van der Waals surface area (Å²) in [5.41, 5.74) is 6.44. The number of carbonyl (C=O) groups is 2. The van der Waals surface area contributed by atoms with Gasteiger partial charge in [0.25, 0.3) is 11.8 Å². The zero-order valence-electron chi connectivity index (χ0n) is 21.8. The molecule has 10 heteroatoms. The molecule has 2 N–H and O–H groups in total. The van der Waals surface area contributed by atoms with E-state index in [0.717, 1.165) is 11.8 Å². The number of amides is 2. The summed E-state index contributed by atoms with van der Waals surface area (Å²) in [6, 6.07) is 29.2. The average Bonchev–Trinajstić information content (AvgIpc) is 2.94. The van der Waals surface area contributed by atoms with E-state index < -0.39 is 15.9 Å². The third-order valence-electron chi connectivity index (χ3n) is 5.94. The Labute approximate surface area is 238 Å². The van der Waals surface area contributed by atoms with Crippen molar-refractivity contribution in [2.45, 2.75) is 13.5 Å². The van der Waals surface area contributed by atoms with Crippen molar-refractivity contribution in [3.05, 3.63) is 130 Å². The second-order valence-electron chi connectivity index (χ2n) is 8.99. The number of sulfonamides is 1. The van der Waals surface area contributed by atoms with Gasteiger partial charge in [0.2, 0.25) is 10.0 Å². The molecule has 0 aliphatic rings. The van der Waals surface area contributed by atoms with Gasteiger partial charge in [0.15, 0.2) is 0 Å². The zero-order valence-corrected chi connectivity index (χ0v) is 23.4. The second-order valence-corrected chi connectivity index (χ2v) is 11.3. The Hall–Kier alpha value is -4.47. The molecule has 2 amide bonds. The maximum atomic E-state index is 12.7. The Morgan fingerprint density at radius 1 is 0.800 bits per heavy atom. The fraction of sp³-hybridized carbons (Fsp3) is 0.100. The smallest absolute Gasteiger partial charge is 0.271 e. The number of anilines is 2. The normalized spacial score (nSPS) is 11.5. The number of nitrogens with one attached hydrogen (secondary N) is 2. The lowest BCUT2D eigenvalue weighted by Gasteiger charge is -2.22. The molecule has 8 nitrogen and oxygen atoms in total. The highest BCUT2D eigenvalue weighted by molar-refractivity contribution is 7.92. The monoisotopic (exact) mass is 574 g/mol. The third kappa shape index (κ3) is 7.56. The standard InChI is InChI=1S/C30H27ClN4O4S/c1-21(24-8-7-11-27(19-24)32-29(36)25-9-6-10-26(31)18-25)33-34-30(37)23-16-14-22(15-17-23)20-35(40(2,38)39)28-12-4-3-5-13-28/h3-19H,20H2,1-2H3,(H,32,36)(H,34,37). The Morgan fingerprint density at radius 2 is 1.48 bits per heavy atom. The summed E-state index contributed by atoms with van der Waals surface area (Å²) in [6.07, 6.45) is 1.16. The van der Waals surface area contributed by atoms with Crippen LogP contribution in [0.2, 0.25) is 5.02 Å². The fourth-order valence-corrected chi connectivity index (χ4v) is 4.92. The Morgan fingerprint density at radius 3 is 2.15 bits per heavy atom. The van der Waals surface area contributed by atoms with Crippen molar-refractivity contribution in [1.29, 1.82) is 0 Å². The number of nitrogens with zero attached hydrogens (tertiary/aromatic N) is 2. The van der Waals surface area contributed by atoms with E-state index in [1.807, 2.05) is 12.1 Å². The van der Waals surface area contributed by atoms with Crippen LogP contribution in [-0.2, 0) is 16.6 Å². The lowest BCUT2D eigenvalue weighted by Crippen LogP contribution is -2.29. The zero-order chi connectivity index (χ0) is 28.7. The van der Waals surface area contributed by atoms with Crippen molar-refractivity contribution in [3.63, 3.8) is 0 Å². The SMILES string of the molecule is CC(=NNC(=O)c1ccc(CN(c2ccccc2)S(C)(=O)=O)cc1)c1cccc(NC(=O)c2cccc(Cl)c2)c1. The molecule has 4 aromatic rings. The van der Waals surface area contributed by atoms with Crippen LogP contribution in [0.15, 0.2) is 108 Å². The predicted octanol–water partition coefficient (Wildman–Crippen LogP) is 5.71. The molecule has 4 rings (SSSR count). The van der Waals surface area contributed by atoms with Gasteiger partial charge >= 0.3 is 0 Å². The van der Waals surface area contributed by atoms with Crippen molar-refractivity contribution in [1.82, 2.24) is 5.43 Å². The summed E-state index contributed by atoms with van der Waals surface area (Å²) >= 11 is 5.98. The fourth-order valence-electron chi connectivity index (χ4n) is 3.84. The summed E-state index contributed by atoms with van der Waals surface area (Å²) in [7, 11) is -3.51. The molecule has 0 bridgehead atoms. The van der Waals surface area contributed by atoms with E-state index in [2.05, 4.69) is 15.8 Å². The van der Waals surface area contributed by atoms with Crippen LogP contribution in [0.25, 0.3) is 0 Å². The number of benzene rings is 4. The summed E-state index contributed by atoms with van der Waals surface area (Å²) in [5.74, 6) is -0.714. The van der Waals surface area contributed by atoms with Crippen molar-refractivity contribution in [3.8, 4) is 0 Å². The van der Waals surface area contributed by atoms with Crippen LogP contribution in [0.4, 0.5) is 11.4 Å². The number of halogens is 1. The quantitative estimate of drug-likeness (QED) is 0.197. The number of hydrogen-bond acceptors (Lipinski definition) is 5. The molecule has 40 heavy (non-hydrogen) atoms. The van der Waals surface area contributed by atoms with Gasteiger partial charge in [-0.05, 0) is 72.6 Å². The van der Waals surface area contributed by atoms with E-state index in [4.69, 9.17) is 11.6 Å². The van der Waals surface area contributed by atoms with Gasteiger partial charge in [-0.25, -0.2) is 13.8 Å². The first-order chi connectivity index (χ1) is 19.1. The molecule has 0 saturated heterocycles. The highest BCUT2D eigenvalue weighted by Gasteiger charge is 2.18. The summed E-state index contributed by atoms with van der Waals surface area (Å²) < 4.78 is 26.0. The van der Waals surface area contributed by atoms with Crippen LogP contribution in [0.3, 0.4) is 0 Å². The topological polar surface area (TPSA) is 108 Å². The van der Waals surface area contributed by atoms with Crippen LogP contribution < -0.4 is 15.0 Å². The van der Waals surface area contributed by atoms with Gasteiger partial charge in [0.1, 0.15) is 0 Å². The van der Waals surface area contributed by atoms with Gasteiger partial charge in [-0.3, -0.25) is 13.9 Å². The molecule has 204 valence electrons. The molecule has 4 aromatic carbocycles. The molecule has 0 aromatic heterocycles. The predicted molar refractivity (Wildman–Crippen MR) is 159 cm³/mol. The van der Waals surface area contributed by atoms with Crippen LogP contribution >= 0.6 is 11.6 Å². The highest BCUT2D eigenvalue weighted by Crippen LogP contribution is 2.20. The first-order valence-corrected chi connectivity index (χ1v) is 14.5. The van der Waals surface area contributed by atoms with E-state index >= 15 is 0 Å². The molecule has 0 radical (unpaired) electrons. The van der Waals surface area contributed by atoms with Crippen molar-refractivity contribution in [2.75, 3.05) is 15.9 Å². The van der Waals surface area contributed by atoms with Gasteiger partial charge in [-0.1, -0.05) is 60.1 Å². The molecule has 0 aliphatic carbocycles. The first kappa shape index (κ1) is 28.5. The van der Waals surface area contributed by atoms with Crippen molar-refractivity contribution >= 4 is 50.5 Å². The molecule has 0 aliphatic heterocycles. The lowest BCUT2D eigenvalue weighted by atomic mass is 10.1.